The van der Waals surface area contributed by atoms with Crippen molar-refractivity contribution < 1.29 is 0 Å². The van der Waals surface area contributed by atoms with Crippen LogP contribution in [0.4, 0.5) is 11.6 Å². The van der Waals surface area contributed by atoms with Crippen LogP contribution in [0.5, 0.6) is 0 Å². The van der Waals surface area contributed by atoms with Crippen LogP contribution in [0.1, 0.15) is 52.0 Å². The third-order valence-electron chi connectivity index (χ3n) is 4.00. The summed E-state index contributed by atoms with van der Waals surface area (Å²) in [6.07, 6.45) is 6.99. The standard InChI is InChI=1S/C16H28N4/c1-5-17-15-13(4)16(19-11-18-15)20(10-12(2)3)14-8-6-7-9-14/h11-12,14H,5-10H2,1-4H3,(H,17,18,19). The topological polar surface area (TPSA) is 41.1 Å². The maximum atomic E-state index is 4.59. The molecule has 0 spiro atoms. The molecule has 1 aliphatic rings. The van der Waals surface area contributed by atoms with Crippen LogP contribution < -0.4 is 10.2 Å². The molecule has 112 valence electrons. The van der Waals surface area contributed by atoms with Gasteiger partial charge < -0.3 is 10.2 Å². The smallest absolute Gasteiger partial charge is 0.137 e. The third-order valence-corrected chi connectivity index (χ3v) is 4.00. The highest BCUT2D eigenvalue weighted by molar-refractivity contribution is 5.58. The van der Waals surface area contributed by atoms with Gasteiger partial charge in [-0.15, -0.1) is 0 Å². The predicted octanol–water partition coefficient (Wildman–Crippen LogP) is 3.62. The van der Waals surface area contributed by atoms with Crippen molar-refractivity contribution in [2.45, 2.75) is 59.4 Å². The fourth-order valence-electron chi connectivity index (χ4n) is 3.09. The Morgan fingerprint density at radius 1 is 1.30 bits per heavy atom. The fraction of sp³-hybridized carbons (Fsp3) is 0.750. The first-order valence-corrected chi connectivity index (χ1v) is 7.95. The number of nitrogens with one attached hydrogen (secondary N) is 1. The molecule has 1 fully saturated rings. The summed E-state index contributed by atoms with van der Waals surface area (Å²) in [4.78, 5) is 11.5. The zero-order chi connectivity index (χ0) is 14.5. The van der Waals surface area contributed by atoms with E-state index < -0.39 is 0 Å². The Labute approximate surface area is 123 Å². The van der Waals surface area contributed by atoms with Crippen LogP contribution in [-0.4, -0.2) is 29.1 Å². The van der Waals surface area contributed by atoms with E-state index in [-0.39, 0.29) is 0 Å². The van der Waals surface area contributed by atoms with Gasteiger partial charge in [-0.1, -0.05) is 26.7 Å². The van der Waals surface area contributed by atoms with Gasteiger partial charge in [0.15, 0.2) is 0 Å². The first kappa shape index (κ1) is 15.1. The molecule has 0 unspecified atom stereocenters. The van der Waals surface area contributed by atoms with Crippen LogP contribution in [-0.2, 0) is 0 Å². The molecule has 0 aliphatic heterocycles. The zero-order valence-corrected chi connectivity index (χ0v) is 13.3. The minimum absolute atomic E-state index is 0.646. The Balaban J connectivity index is 2.29. The minimum atomic E-state index is 0.646. The van der Waals surface area contributed by atoms with Crippen LogP contribution in [0, 0.1) is 12.8 Å². The summed E-state index contributed by atoms with van der Waals surface area (Å²) in [5, 5.41) is 3.34. The normalized spacial score (nSPS) is 15.8. The van der Waals surface area contributed by atoms with Gasteiger partial charge in [0, 0.05) is 24.7 Å². The maximum absolute atomic E-state index is 4.59. The molecule has 0 bridgehead atoms. The molecule has 1 aromatic rings. The van der Waals surface area contributed by atoms with Crippen LogP contribution >= 0.6 is 0 Å². The van der Waals surface area contributed by atoms with E-state index in [4.69, 9.17) is 0 Å². The van der Waals surface area contributed by atoms with Gasteiger partial charge in [0.05, 0.1) is 0 Å². The van der Waals surface area contributed by atoms with Crippen molar-refractivity contribution in [1.82, 2.24) is 9.97 Å². The van der Waals surface area contributed by atoms with Crippen LogP contribution in [0.2, 0.25) is 0 Å². The molecule has 0 amide bonds. The SMILES string of the molecule is CCNc1ncnc(N(CC(C)C)C2CCCC2)c1C. The molecule has 2 rings (SSSR count). The Kier molecular flexibility index (Phi) is 5.21. The highest BCUT2D eigenvalue weighted by atomic mass is 15.2. The van der Waals surface area contributed by atoms with Gasteiger partial charge >= 0.3 is 0 Å². The van der Waals surface area contributed by atoms with E-state index in [2.05, 4.69) is 47.9 Å². The Morgan fingerprint density at radius 3 is 2.60 bits per heavy atom. The van der Waals surface area contributed by atoms with E-state index >= 15 is 0 Å². The second kappa shape index (κ2) is 6.91. The lowest BCUT2D eigenvalue weighted by Gasteiger charge is -2.33. The van der Waals surface area contributed by atoms with Crippen LogP contribution in [0.15, 0.2) is 6.33 Å². The molecule has 1 N–H and O–H groups in total. The summed E-state index contributed by atoms with van der Waals surface area (Å²) in [5.74, 6) is 2.74. The largest absolute Gasteiger partial charge is 0.370 e. The average Bonchev–Trinajstić information content (AvgIpc) is 2.93. The third kappa shape index (κ3) is 3.41. The summed E-state index contributed by atoms with van der Waals surface area (Å²) < 4.78 is 0. The van der Waals surface area contributed by atoms with Crippen molar-refractivity contribution in [2.24, 2.45) is 5.92 Å². The molecule has 0 aromatic carbocycles. The van der Waals surface area contributed by atoms with Gasteiger partial charge in [-0.25, -0.2) is 9.97 Å². The highest BCUT2D eigenvalue weighted by Crippen LogP contribution is 2.31. The van der Waals surface area contributed by atoms with Gasteiger partial charge in [-0.05, 0) is 32.6 Å². The van der Waals surface area contributed by atoms with Crippen molar-refractivity contribution in [3.63, 3.8) is 0 Å². The molecular weight excluding hydrogens is 248 g/mol. The summed E-state index contributed by atoms with van der Waals surface area (Å²) in [6, 6.07) is 0.653. The molecule has 4 heteroatoms. The molecule has 1 saturated carbocycles. The quantitative estimate of drug-likeness (QED) is 0.861. The number of hydrogen-bond donors (Lipinski definition) is 1. The summed E-state index contributed by atoms with van der Waals surface area (Å²) in [5.41, 5.74) is 1.18. The summed E-state index contributed by atoms with van der Waals surface area (Å²) in [7, 11) is 0. The molecular formula is C16H28N4. The molecule has 1 heterocycles. The lowest BCUT2D eigenvalue weighted by atomic mass is 10.1. The predicted molar refractivity (Wildman–Crippen MR) is 85.4 cm³/mol. The Bertz CT molecular complexity index is 424. The zero-order valence-electron chi connectivity index (χ0n) is 13.3. The molecule has 4 nitrogen and oxygen atoms in total. The fourth-order valence-corrected chi connectivity index (χ4v) is 3.09. The minimum Gasteiger partial charge on any atom is -0.370 e. The maximum Gasteiger partial charge on any atom is 0.137 e. The first-order valence-electron chi connectivity index (χ1n) is 7.95. The second-order valence-corrected chi connectivity index (χ2v) is 6.19. The second-order valence-electron chi connectivity index (χ2n) is 6.19. The Hall–Kier alpha value is -1.32. The summed E-state index contributed by atoms with van der Waals surface area (Å²) in [6.45, 7) is 10.8. The van der Waals surface area contributed by atoms with Gasteiger partial charge in [0.2, 0.25) is 0 Å². The van der Waals surface area contributed by atoms with E-state index in [1.54, 1.807) is 6.33 Å². The van der Waals surface area contributed by atoms with E-state index in [0.717, 1.165) is 24.7 Å². The summed E-state index contributed by atoms with van der Waals surface area (Å²) >= 11 is 0. The molecule has 1 aliphatic carbocycles. The first-order chi connectivity index (χ1) is 9.63. The van der Waals surface area contributed by atoms with E-state index in [9.17, 15) is 0 Å². The van der Waals surface area contributed by atoms with Crippen molar-refractivity contribution >= 4 is 11.6 Å². The van der Waals surface area contributed by atoms with Gasteiger partial charge in [0.25, 0.3) is 0 Å². The van der Waals surface area contributed by atoms with Gasteiger partial charge in [-0.3, -0.25) is 0 Å². The number of rotatable bonds is 6. The Morgan fingerprint density at radius 2 is 2.00 bits per heavy atom. The molecule has 1 aromatic heterocycles. The number of nitrogens with zero attached hydrogens (tertiary/aromatic N) is 3. The van der Waals surface area contributed by atoms with Crippen molar-refractivity contribution in [2.75, 3.05) is 23.3 Å². The van der Waals surface area contributed by atoms with Gasteiger partial charge in [-0.2, -0.15) is 0 Å². The van der Waals surface area contributed by atoms with E-state index in [0.29, 0.717) is 12.0 Å². The number of aromatic nitrogens is 2. The van der Waals surface area contributed by atoms with Crippen LogP contribution in [0.25, 0.3) is 0 Å². The van der Waals surface area contributed by atoms with Crippen molar-refractivity contribution in [3.05, 3.63) is 11.9 Å². The van der Waals surface area contributed by atoms with Gasteiger partial charge in [0.1, 0.15) is 18.0 Å². The number of hydrogen-bond acceptors (Lipinski definition) is 4. The average molecular weight is 276 g/mol. The monoisotopic (exact) mass is 276 g/mol. The van der Waals surface area contributed by atoms with Crippen LogP contribution in [0.3, 0.4) is 0 Å². The van der Waals surface area contributed by atoms with Crippen molar-refractivity contribution in [3.8, 4) is 0 Å². The molecule has 20 heavy (non-hydrogen) atoms. The lowest BCUT2D eigenvalue weighted by Crippen LogP contribution is -2.37. The highest BCUT2D eigenvalue weighted by Gasteiger charge is 2.26. The molecule has 0 atom stereocenters. The van der Waals surface area contributed by atoms with E-state index in [1.807, 2.05) is 0 Å². The molecule has 0 radical (unpaired) electrons. The molecule has 0 saturated heterocycles. The number of anilines is 2. The van der Waals surface area contributed by atoms with E-state index in [1.165, 1.54) is 31.2 Å². The van der Waals surface area contributed by atoms with Crippen molar-refractivity contribution in [1.29, 1.82) is 0 Å². The lowest BCUT2D eigenvalue weighted by molar-refractivity contribution is 0.530.